The van der Waals surface area contributed by atoms with E-state index < -0.39 is 4.92 Å². The fourth-order valence-electron chi connectivity index (χ4n) is 2.19. The lowest BCUT2D eigenvalue weighted by atomic mass is 9.98. The summed E-state index contributed by atoms with van der Waals surface area (Å²) in [5, 5.41) is 11.0. The van der Waals surface area contributed by atoms with Gasteiger partial charge >= 0.3 is 0 Å². The van der Waals surface area contributed by atoms with E-state index in [-0.39, 0.29) is 27.0 Å². The van der Waals surface area contributed by atoms with E-state index >= 15 is 0 Å². The van der Waals surface area contributed by atoms with Gasteiger partial charge in [-0.05, 0) is 18.4 Å². The van der Waals surface area contributed by atoms with Gasteiger partial charge in [0.05, 0.1) is 4.92 Å². The number of alkyl halides is 1. The molecule has 0 radical (unpaired) electrons. The highest BCUT2D eigenvalue weighted by atomic mass is 79.9. The molecular formula is C13H14BrClN2O3. The molecule has 7 heteroatoms. The Morgan fingerprint density at radius 1 is 1.50 bits per heavy atom. The Morgan fingerprint density at radius 3 is 2.80 bits per heavy atom. The van der Waals surface area contributed by atoms with Crippen LogP contribution in [0.1, 0.15) is 23.7 Å². The fraction of sp³-hybridized carbons (Fsp3) is 0.462. The summed E-state index contributed by atoms with van der Waals surface area (Å²) < 4.78 is 0. The number of hydrogen-bond donors (Lipinski definition) is 0. The molecule has 1 amide bonds. The number of amides is 1. The van der Waals surface area contributed by atoms with Crippen LogP contribution in [0.3, 0.4) is 0 Å². The van der Waals surface area contributed by atoms with Crippen LogP contribution in [-0.4, -0.2) is 33.6 Å². The van der Waals surface area contributed by atoms with Crippen LogP contribution in [0.25, 0.3) is 0 Å². The number of nitrogens with zero attached hydrogens (tertiary/aromatic N) is 2. The summed E-state index contributed by atoms with van der Waals surface area (Å²) in [6.07, 6.45) is 0.907. The van der Waals surface area contributed by atoms with Gasteiger partial charge in [-0.15, -0.1) is 0 Å². The monoisotopic (exact) mass is 360 g/mol. The van der Waals surface area contributed by atoms with Crippen molar-refractivity contribution in [3.8, 4) is 0 Å². The number of piperidine rings is 1. The molecule has 0 spiro atoms. The largest absolute Gasteiger partial charge is 0.338 e. The second-order valence-electron chi connectivity index (χ2n) is 4.99. The van der Waals surface area contributed by atoms with Gasteiger partial charge in [-0.3, -0.25) is 14.9 Å². The number of nitro groups is 1. The third-order valence-electron chi connectivity index (χ3n) is 3.49. The summed E-state index contributed by atoms with van der Waals surface area (Å²) in [6, 6.07) is 3.98. The Hall–Kier alpha value is -1.14. The lowest BCUT2D eigenvalue weighted by Crippen LogP contribution is -2.43. The maximum Gasteiger partial charge on any atom is 0.271 e. The molecule has 5 nitrogen and oxygen atoms in total. The van der Waals surface area contributed by atoms with Gasteiger partial charge in [0, 0.05) is 40.6 Å². The second-order valence-corrected chi connectivity index (χ2v) is 6.60. The number of hydrogen-bond acceptors (Lipinski definition) is 3. The molecule has 1 heterocycles. The summed E-state index contributed by atoms with van der Waals surface area (Å²) in [6.45, 7) is 3.38. The van der Waals surface area contributed by atoms with Crippen molar-refractivity contribution in [2.24, 2.45) is 5.92 Å². The smallest absolute Gasteiger partial charge is 0.271 e. The lowest BCUT2D eigenvalue weighted by molar-refractivity contribution is -0.384. The van der Waals surface area contributed by atoms with E-state index in [0.717, 1.165) is 6.42 Å². The molecule has 1 fully saturated rings. The molecule has 0 N–H and O–H groups in total. The molecule has 2 atom stereocenters. The number of benzene rings is 1. The zero-order valence-electron chi connectivity index (χ0n) is 10.9. The minimum Gasteiger partial charge on any atom is -0.338 e. The van der Waals surface area contributed by atoms with Gasteiger partial charge < -0.3 is 4.90 Å². The SMILES string of the molecule is CC1CCN(C(=O)c2cc(Cl)cc([N+](=O)[O-])c2)CC1Br. The summed E-state index contributed by atoms with van der Waals surface area (Å²) in [7, 11) is 0. The van der Waals surface area contributed by atoms with E-state index in [4.69, 9.17) is 11.6 Å². The van der Waals surface area contributed by atoms with Crippen LogP contribution in [-0.2, 0) is 0 Å². The van der Waals surface area contributed by atoms with Crippen molar-refractivity contribution in [3.63, 3.8) is 0 Å². The molecule has 0 bridgehead atoms. The maximum absolute atomic E-state index is 12.4. The minimum absolute atomic E-state index is 0.165. The number of carbonyl (C=O) groups excluding carboxylic acids is 1. The van der Waals surface area contributed by atoms with Crippen molar-refractivity contribution in [1.29, 1.82) is 0 Å². The molecule has 1 aliphatic rings. The summed E-state index contributed by atoms with van der Waals surface area (Å²) in [5.41, 5.74) is 0.0973. The van der Waals surface area contributed by atoms with Gasteiger partial charge in [-0.25, -0.2) is 0 Å². The summed E-state index contributed by atoms with van der Waals surface area (Å²) in [4.78, 5) is 24.6. The minimum atomic E-state index is -0.547. The zero-order chi connectivity index (χ0) is 14.9. The summed E-state index contributed by atoms with van der Waals surface area (Å²) in [5.74, 6) is 0.291. The normalized spacial score (nSPS) is 22.6. The molecule has 1 aromatic rings. The first kappa shape index (κ1) is 15.3. The Balaban J connectivity index is 2.23. The molecule has 108 valence electrons. The van der Waals surface area contributed by atoms with Gasteiger partial charge in [0.2, 0.25) is 0 Å². The first-order chi connectivity index (χ1) is 9.38. The van der Waals surface area contributed by atoms with E-state index in [0.29, 0.717) is 19.0 Å². The molecular weight excluding hydrogens is 348 g/mol. The van der Waals surface area contributed by atoms with Crippen LogP contribution >= 0.6 is 27.5 Å². The van der Waals surface area contributed by atoms with E-state index in [9.17, 15) is 14.9 Å². The number of likely N-dealkylation sites (tertiary alicyclic amines) is 1. The Kier molecular flexibility index (Phi) is 4.65. The lowest BCUT2D eigenvalue weighted by Gasteiger charge is -2.34. The van der Waals surface area contributed by atoms with Crippen LogP contribution in [0.2, 0.25) is 5.02 Å². The van der Waals surface area contributed by atoms with Crippen molar-refractivity contribution < 1.29 is 9.72 Å². The third-order valence-corrected chi connectivity index (χ3v) is 4.90. The highest BCUT2D eigenvalue weighted by molar-refractivity contribution is 9.09. The van der Waals surface area contributed by atoms with E-state index in [2.05, 4.69) is 22.9 Å². The predicted molar refractivity (Wildman–Crippen MR) is 80.5 cm³/mol. The topological polar surface area (TPSA) is 63.5 Å². The quantitative estimate of drug-likeness (QED) is 0.460. The Bertz CT molecular complexity index is 552. The molecule has 0 aromatic heterocycles. The van der Waals surface area contributed by atoms with Gasteiger partial charge in [0.25, 0.3) is 11.6 Å². The highest BCUT2D eigenvalue weighted by Gasteiger charge is 2.28. The van der Waals surface area contributed by atoms with Crippen LogP contribution in [0, 0.1) is 16.0 Å². The predicted octanol–water partition coefficient (Wildman–Crippen LogP) is 3.49. The van der Waals surface area contributed by atoms with Crippen molar-refractivity contribution >= 4 is 39.1 Å². The van der Waals surface area contributed by atoms with Crippen LogP contribution in [0.4, 0.5) is 5.69 Å². The average molecular weight is 362 g/mol. The molecule has 2 rings (SSSR count). The van der Waals surface area contributed by atoms with Gasteiger partial charge in [0.1, 0.15) is 0 Å². The van der Waals surface area contributed by atoms with Crippen LogP contribution < -0.4 is 0 Å². The van der Waals surface area contributed by atoms with Crippen molar-refractivity contribution in [3.05, 3.63) is 38.9 Å². The first-order valence-electron chi connectivity index (χ1n) is 6.27. The van der Waals surface area contributed by atoms with Crippen molar-refractivity contribution in [2.45, 2.75) is 18.2 Å². The molecule has 2 unspecified atom stereocenters. The Morgan fingerprint density at radius 2 is 2.20 bits per heavy atom. The number of nitro benzene ring substituents is 1. The van der Waals surface area contributed by atoms with E-state index in [1.54, 1.807) is 4.90 Å². The standard InChI is InChI=1S/C13H14BrClN2O3/c1-8-2-3-16(7-12(8)14)13(18)9-4-10(15)6-11(5-9)17(19)20/h4-6,8,12H,2-3,7H2,1H3. The number of carbonyl (C=O) groups is 1. The van der Waals surface area contributed by atoms with Gasteiger partial charge in [-0.2, -0.15) is 0 Å². The van der Waals surface area contributed by atoms with Crippen molar-refractivity contribution in [2.75, 3.05) is 13.1 Å². The van der Waals surface area contributed by atoms with E-state index in [1.165, 1.54) is 18.2 Å². The zero-order valence-corrected chi connectivity index (χ0v) is 13.2. The highest BCUT2D eigenvalue weighted by Crippen LogP contribution is 2.26. The number of non-ortho nitro benzene ring substituents is 1. The molecule has 1 aromatic carbocycles. The van der Waals surface area contributed by atoms with E-state index in [1.807, 2.05) is 0 Å². The Labute approximate surface area is 130 Å². The first-order valence-corrected chi connectivity index (χ1v) is 7.56. The average Bonchev–Trinajstić information content (AvgIpc) is 2.40. The molecule has 1 saturated heterocycles. The van der Waals surface area contributed by atoms with Gasteiger partial charge in [0.15, 0.2) is 0 Å². The molecule has 0 aliphatic carbocycles. The molecule has 0 saturated carbocycles. The molecule has 1 aliphatic heterocycles. The maximum atomic E-state index is 12.4. The van der Waals surface area contributed by atoms with Crippen molar-refractivity contribution in [1.82, 2.24) is 4.90 Å². The number of halogens is 2. The number of rotatable bonds is 2. The van der Waals surface area contributed by atoms with Gasteiger partial charge in [-0.1, -0.05) is 34.5 Å². The fourth-order valence-corrected chi connectivity index (χ4v) is 3.04. The van der Waals surface area contributed by atoms with Crippen LogP contribution in [0.5, 0.6) is 0 Å². The molecule has 20 heavy (non-hydrogen) atoms. The summed E-state index contributed by atoms with van der Waals surface area (Å²) >= 11 is 9.40. The second kappa shape index (κ2) is 6.10. The third kappa shape index (κ3) is 3.30. The van der Waals surface area contributed by atoms with Crippen LogP contribution in [0.15, 0.2) is 18.2 Å².